The average molecular weight is 321 g/mol. The van der Waals surface area contributed by atoms with E-state index in [-0.39, 0.29) is 4.90 Å². The summed E-state index contributed by atoms with van der Waals surface area (Å²) >= 11 is 0. The van der Waals surface area contributed by atoms with E-state index >= 15 is 0 Å². The number of benzene rings is 1. The molecule has 20 heavy (non-hydrogen) atoms. The number of hydrogen-bond donors (Lipinski definition) is 1. The number of nitrogens with one attached hydrogen (secondary N) is 1. The number of sulfonamides is 1. The zero-order valence-electron chi connectivity index (χ0n) is 11.9. The van der Waals surface area contributed by atoms with Crippen LogP contribution in [0.15, 0.2) is 35.2 Å². The van der Waals surface area contributed by atoms with Gasteiger partial charge < -0.3 is 0 Å². The third-order valence-electron chi connectivity index (χ3n) is 1.98. The van der Waals surface area contributed by atoms with Crippen molar-refractivity contribution in [2.24, 2.45) is 0 Å². The lowest BCUT2D eigenvalue weighted by Gasteiger charge is -2.22. The fourth-order valence-electron chi connectivity index (χ4n) is 1.42. The first kappa shape index (κ1) is 17.3. The fourth-order valence-corrected chi connectivity index (χ4v) is 5.04. The van der Waals surface area contributed by atoms with Crippen molar-refractivity contribution in [3.63, 3.8) is 0 Å². The molecule has 0 radical (unpaired) electrons. The zero-order chi connectivity index (χ0) is 15.4. The van der Waals surface area contributed by atoms with Gasteiger partial charge in [-0.3, -0.25) is 9.05 Å². The molecule has 0 aromatic heterocycles. The molecule has 6 nitrogen and oxygen atoms in total. The summed E-state index contributed by atoms with van der Waals surface area (Å²) in [6.45, 7) is 6.58. The fraction of sp³-hybridized carbons (Fsp3) is 0.500. The molecule has 0 aliphatic carbocycles. The van der Waals surface area contributed by atoms with Crippen molar-refractivity contribution in [2.45, 2.75) is 44.8 Å². The summed E-state index contributed by atoms with van der Waals surface area (Å²) in [4.78, 5) is -0.0000581. The van der Waals surface area contributed by atoms with Crippen LogP contribution in [0.4, 0.5) is 0 Å². The van der Waals surface area contributed by atoms with E-state index in [4.69, 9.17) is 9.05 Å². The molecule has 0 aliphatic rings. The SMILES string of the molecule is CC(C)OP(=O)(NS(=O)(=O)c1ccccc1)OC(C)C. The Bertz CT molecular complexity index is 557. The maximum atomic E-state index is 12.5. The molecule has 0 unspecified atom stereocenters. The Balaban J connectivity index is 3.04. The first-order valence-electron chi connectivity index (χ1n) is 6.20. The van der Waals surface area contributed by atoms with E-state index in [1.807, 2.05) is 4.49 Å². The van der Waals surface area contributed by atoms with Crippen LogP contribution in [-0.4, -0.2) is 20.6 Å². The molecule has 0 saturated carbocycles. The van der Waals surface area contributed by atoms with Crippen LogP contribution in [0, 0.1) is 0 Å². The van der Waals surface area contributed by atoms with E-state index < -0.39 is 30.0 Å². The molecule has 1 N–H and O–H groups in total. The lowest BCUT2D eigenvalue weighted by Crippen LogP contribution is -2.26. The molecular weight excluding hydrogens is 301 g/mol. The van der Waals surface area contributed by atoms with Crippen LogP contribution in [-0.2, 0) is 23.6 Å². The molecule has 1 aromatic rings. The predicted molar refractivity (Wildman–Crippen MR) is 76.8 cm³/mol. The van der Waals surface area contributed by atoms with Crippen molar-refractivity contribution in [3.8, 4) is 0 Å². The number of rotatable bonds is 7. The highest BCUT2D eigenvalue weighted by Gasteiger charge is 2.34. The van der Waals surface area contributed by atoms with E-state index in [2.05, 4.69) is 0 Å². The lowest BCUT2D eigenvalue weighted by atomic mass is 10.4. The third-order valence-corrected chi connectivity index (χ3v) is 6.13. The van der Waals surface area contributed by atoms with E-state index in [1.165, 1.54) is 12.1 Å². The van der Waals surface area contributed by atoms with Crippen LogP contribution < -0.4 is 4.49 Å². The molecule has 1 rings (SSSR count). The first-order chi connectivity index (χ1) is 9.15. The lowest BCUT2D eigenvalue weighted by molar-refractivity contribution is 0.140. The van der Waals surface area contributed by atoms with Gasteiger partial charge in [-0.1, -0.05) is 18.2 Å². The molecule has 0 fully saturated rings. The van der Waals surface area contributed by atoms with Crippen LogP contribution in [0.25, 0.3) is 0 Å². The largest absolute Gasteiger partial charge is 0.419 e. The minimum Gasteiger partial charge on any atom is -0.293 e. The molecule has 0 heterocycles. The zero-order valence-corrected chi connectivity index (χ0v) is 13.6. The summed E-state index contributed by atoms with van der Waals surface area (Å²) in [5.41, 5.74) is 0. The second-order valence-corrected chi connectivity index (χ2v) is 8.34. The maximum absolute atomic E-state index is 12.5. The Hall–Kier alpha value is -0.720. The second-order valence-electron chi connectivity index (χ2n) is 4.71. The van der Waals surface area contributed by atoms with Crippen LogP contribution in [0.5, 0.6) is 0 Å². The molecule has 8 heteroatoms. The highest BCUT2D eigenvalue weighted by atomic mass is 32.2. The summed E-state index contributed by atoms with van der Waals surface area (Å²) < 4.78 is 49.2. The van der Waals surface area contributed by atoms with Gasteiger partial charge in [0, 0.05) is 0 Å². The van der Waals surface area contributed by atoms with Gasteiger partial charge in [-0.15, -0.1) is 4.49 Å². The van der Waals surface area contributed by atoms with Crippen molar-refractivity contribution >= 4 is 17.8 Å². The van der Waals surface area contributed by atoms with Gasteiger partial charge in [0.15, 0.2) is 0 Å². The van der Waals surface area contributed by atoms with E-state index in [1.54, 1.807) is 45.9 Å². The molecule has 0 aliphatic heterocycles. The molecule has 0 spiro atoms. The minimum atomic E-state index is -3.97. The standard InChI is InChI=1S/C12H20NO5PS/c1-10(2)17-19(14,18-11(3)4)13-20(15,16)12-8-6-5-7-9-12/h5-11H,1-4H3,(H,13,14). The minimum absolute atomic E-state index is 0.0000581. The third kappa shape index (κ3) is 5.34. The summed E-state index contributed by atoms with van der Waals surface area (Å²) in [5, 5.41) is 0. The molecule has 0 atom stereocenters. The van der Waals surface area contributed by atoms with Gasteiger partial charge >= 0.3 is 7.75 Å². The molecule has 0 bridgehead atoms. The predicted octanol–water partition coefficient (Wildman–Crippen LogP) is 2.92. The first-order valence-corrected chi connectivity index (χ1v) is 9.23. The normalized spacial score (nSPS) is 13.1. The monoisotopic (exact) mass is 321 g/mol. The van der Waals surface area contributed by atoms with Crippen LogP contribution in [0.1, 0.15) is 27.7 Å². The van der Waals surface area contributed by atoms with E-state index in [0.29, 0.717) is 0 Å². The van der Waals surface area contributed by atoms with Crippen molar-refractivity contribution in [2.75, 3.05) is 0 Å². The van der Waals surface area contributed by atoms with Crippen LogP contribution in [0.2, 0.25) is 0 Å². The highest BCUT2D eigenvalue weighted by molar-refractivity contribution is 7.94. The van der Waals surface area contributed by atoms with Crippen molar-refractivity contribution in [1.82, 2.24) is 4.49 Å². The summed E-state index contributed by atoms with van der Waals surface area (Å²) in [7, 11) is -7.93. The van der Waals surface area contributed by atoms with E-state index in [9.17, 15) is 13.0 Å². The Labute approximate surface area is 120 Å². The Morgan fingerprint density at radius 1 is 1.00 bits per heavy atom. The average Bonchev–Trinajstić information content (AvgIpc) is 2.26. The van der Waals surface area contributed by atoms with Crippen molar-refractivity contribution in [1.29, 1.82) is 0 Å². The smallest absolute Gasteiger partial charge is 0.293 e. The van der Waals surface area contributed by atoms with Gasteiger partial charge in [-0.05, 0) is 39.8 Å². The quantitative estimate of drug-likeness (QED) is 0.781. The van der Waals surface area contributed by atoms with Gasteiger partial charge in [-0.25, -0.2) is 13.0 Å². The Morgan fingerprint density at radius 2 is 1.45 bits per heavy atom. The molecule has 0 amide bonds. The molecule has 114 valence electrons. The van der Waals surface area contributed by atoms with Crippen LogP contribution >= 0.6 is 7.75 Å². The summed E-state index contributed by atoms with van der Waals surface area (Å²) in [6.07, 6.45) is -0.892. The van der Waals surface area contributed by atoms with Crippen molar-refractivity contribution in [3.05, 3.63) is 30.3 Å². The number of hydrogen-bond acceptors (Lipinski definition) is 5. The van der Waals surface area contributed by atoms with Crippen LogP contribution in [0.3, 0.4) is 0 Å². The van der Waals surface area contributed by atoms with Gasteiger partial charge in [-0.2, -0.15) is 0 Å². The summed E-state index contributed by atoms with van der Waals surface area (Å²) in [6, 6.07) is 7.64. The topological polar surface area (TPSA) is 81.7 Å². The van der Waals surface area contributed by atoms with Gasteiger partial charge in [0.05, 0.1) is 17.1 Å². The molecular formula is C12H20NO5PS. The van der Waals surface area contributed by atoms with Crippen molar-refractivity contribution < 1.29 is 22.0 Å². The summed E-state index contributed by atoms with van der Waals surface area (Å²) in [5.74, 6) is 0. The molecule has 0 saturated heterocycles. The highest BCUT2D eigenvalue weighted by Crippen LogP contribution is 2.47. The Morgan fingerprint density at radius 3 is 1.85 bits per heavy atom. The van der Waals surface area contributed by atoms with Gasteiger partial charge in [0.1, 0.15) is 0 Å². The second kappa shape index (κ2) is 6.83. The van der Waals surface area contributed by atoms with Gasteiger partial charge in [0.2, 0.25) is 10.0 Å². The van der Waals surface area contributed by atoms with Gasteiger partial charge in [0.25, 0.3) is 0 Å². The maximum Gasteiger partial charge on any atom is 0.419 e. The Kier molecular flexibility index (Phi) is 5.91. The van der Waals surface area contributed by atoms with E-state index in [0.717, 1.165) is 0 Å². The molecule has 1 aromatic carbocycles.